The van der Waals surface area contributed by atoms with E-state index in [0.29, 0.717) is 36.7 Å². The van der Waals surface area contributed by atoms with Gasteiger partial charge in [0.1, 0.15) is 29.8 Å². The van der Waals surface area contributed by atoms with Crippen molar-refractivity contribution in [2.75, 3.05) is 32.2 Å². The Bertz CT molecular complexity index is 1290. The van der Waals surface area contributed by atoms with Gasteiger partial charge in [0.25, 0.3) is 5.91 Å². The lowest BCUT2D eigenvalue weighted by Crippen LogP contribution is -2.37. The summed E-state index contributed by atoms with van der Waals surface area (Å²) in [5.74, 6) is 0.623. The number of anilines is 1. The summed E-state index contributed by atoms with van der Waals surface area (Å²) in [6.45, 7) is 1.92. The lowest BCUT2D eigenvalue weighted by atomic mass is 9.97. The van der Waals surface area contributed by atoms with E-state index in [2.05, 4.69) is 20.5 Å². The number of fused-ring (bicyclic) bond motifs is 2. The largest absolute Gasteiger partial charge is 0.447 e. The molecule has 1 aromatic carbocycles. The van der Waals surface area contributed by atoms with E-state index in [-0.39, 0.29) is 24.5 Å². The average Bonchev–Trinajstić information content (AvgIpc) is 3.32. The van der Waals surface area contributed by atoms with Crippen LogP contribution < -0.4 is 5.32 Å². The van der Waals surface area contributed by atoms with E-state index in [0.717, 1.165) is 37.2 Å². The van der Waals surface area contributed by atoms with Crippen LogP contribution in [0, 0.1) is 5.82 Å². The van der Waals surface area contributed by atoms with Crippen LogP contribution in [0.2, 0.25) is 0 Å². The molecule has 0 aliphatic carbocycles. The van der Waals surface area contributed by atoms with Crippen molar-refractivity contribution >= 4 is 17.8 Å². The van der Waals surface area contributed by atoms with Crippen molar-refractivity contribution in [3.8, 4) is 11.5 Å². The first-order valence-corrected chi connectivity index (χ1v) is 12.0. The van der Waals surface area contributed by atoms with Gasteiger partial charge in [0.15, 0.2) is 5.82 Å². The standard InChI is InChI=1S/C25H27FN6O4/c1-35-11-12-36-25(34)31-10-8-16-14-19(26)18(13-17(16)15-31)24(33)28-21-6-4-5-20(27-21)23-30-29-22-7-2-3-9-32(22)23/h4-6,13-14H,2-3,7-12,15H2,1H3,(H,27,28,33). The summed E-state index contributed by atoms with van der Waals surface area (Å²) in [5, 5.41) is 11.2. The molecule has 5 rings (SSSR count). The molecule has 0 spiro atoms. The Morgan fingerprint density at radius 2 is 1.97 bits per heavy atom. The normalized spacial score (nSPS) is 14.7. The molecule has 188 valence electrons. The van der Waals surface area contributed by atoms with Gasteiger partial charge in [-0.15, -0.1) is 10.2 Å². The molecule has 11 heteroatoms. The minimum atomic E-state index is -0.622. The predicted octanol–water partition coefficient (Wildman–Crippen LogP) is 3.21. The second-order valence-corrected chi connectivity index (χ2v) is 8.79. The Kier molecular flexibility index (Phi) is 6.90. The number of nitrogens with zero attached hydrogens (tertiary/aromatic N) is 5. The van der Waals surface area contributed by atoms with Crippen molar-refractivity contribution < 1.29 is 23.5 Å². The van der Waals surface area contributed by atoms with Gasteiger partial charge in [-0.25, -0.2) is 14.2 Å². The lowest BCUT2D eigenvalue weighted by molar-refractivity contribution is 0.0688. The highest BCUT2D eigenvalue weighted by Crippen LogP contribution is 2.25. The minimum Gasteiger partial charge on any atom is -0.447 e. The van der Waals surface area contributed by atoms with E-state index in [1.165, 1.54) is 24.1 Å². The predicted molar refractivity (Wildman–Crippen MR) is 128 cm³/mol. The molecule has 2 aliphatic heterocycles. The molecule has 3 aromatic rings. The van der Waals surface area contributed by atoms with Gasteiger partial charge in [-0.3, -0.25) is 4.79 Å². The van der Waals surface area contributed by atoms with Gasteiger partial charge in [-0.05, 0) is 54.7 Å². The Labute approximate surface area is 207 Å². The highest BCUT2D eigenvalue weighted by molar-refractivity contribution is 6.04. The Balaban J connectivity index is 1.32. The molecule has 0 fully saturated rings. The van der Waals surface area contributed by atoms with Gasteiger partial charge in [-0.2, -0.15) is 0 Å². The van der Waals surface area contributed by atoms with Crippen LogP contribution in [0.3, 0.4) is 0 Å². The fourth-order valence-electron chi connectivity index (χ4n) is 4.52. The second-order valence-electron chi connectivity index (χ2n) is 8.79. The van der Waals surface area contributed by atoms with E-state index >= 15 is 0 Å². The topological polar surface area (TPSA) is 111 Å². The maximum atomic E-state index is 14.9. The summed E-state index contributed by atoms with van der Waals surface area (Å²) < 4.78 is 27.0. The lowest BCUT2D eigenvalue weighted by Gasteiger charge is -2.28. The number of carbonyl (C=O) groups is 2. The number of methoxy groups -OCH3 is 1. The molecule has 36 heavy (non-hydrogen) atoms. The number of halogens is 1. The number of nitrogens with one attached hydrogen (secondary N) is 1. The van der Waals surface area contributed by atoms with Gasteiger partial charge < -0.3 is 24.3 Å². The number of aromatic nitrogens is 4. The van der Waals surface area contributed by atoms with Crippen molar-refractivity contribution in [2.45, 2.75) is 38.8 Å². The molecule has 2 amide bonds. The zero-order valence-electron chi connectivity index (χ0n) is 20.0. The van der Waals surface area contributed by atoms with Crippen molar-refractivity contribution in [2.24, 2.45) is 0 Å². The number of pyridine rings is 1. The number of hydrogen-bond acceptors (Lipinski definition) is 7. The summed E-state index contributed by atoms with van der Waals surface area (Å²) in [4.78, 5) is 31.4. The number of hydrogen-bond donors (Lipinski definition) is 1. The van der Waals surface area contributed by atoms with Crippen LogP contribution in [0.5, 0.6) is 0 Å². The molecule has 1 N–H and O–H groups in total. The summed E-state index contributed by atoms with van der Waals surface area (Å²) in [5.41, 5.74) is 1.94. The van der Waals surface area contributed by atoms with Crippen LogP contribution in [-0.2, 0) is 35.4 Å². The third-order valence-corrected chi connectivity index (χ3v) is 6.40. The Morgan fingerprint density at radius 1 is 1.08 bits per heavy atom. The first-order chi connectivity index (χ1) is 17.5. The molecule has 4 heterocycles. The van der Waals surface area contributed by atoms with E-state index in [1.54, 1.807) is 18.2 Å². The molecule has 0 saturated heterocycles. The third-order valence-electron chi connectivity index (χ3n) is 6.40. The van der Waals surface area contributed by atoms with Gasteiger partial charge in [0.05, 0.1) is 12.2 Å². The molecule has 0 atom stereocenters. The molecule has 0 bridgehead atoms. The fraction of sp³-hybridized carbons (Fsp3) is 0.400. The summed E-state index contributed by atoms with van der Waals surface area (Å²) in [6.07, 6.45) is 3.02. The number of aryl methyl sites for hydroxylation is 1. The molecule has 10 nitrogen and oxygen atoms in total. The van der Waals surface area contributed by atoms with Gasteiger partial charge >= 0.3 is 6.09 Å². The van der Waals surface area contributed by atoms with Gasteiger partial charge in [0.2, 0.25) is 0 Å². The van der Waals surface area contributed by atoms with Crippen molar-refractivity contribution in [1.29, 1.82) is 0 Å². The molecular formula is C25H27FN6O4. The molecule has 2 aliphatic rings. The smallest absolute Gasteiger partial charge is 0.410 e. The van der Waals surface area contributed by atoms with E-state index in [4.69, 9.17) is 9.47 Å². The van der Waals surface area contributed by atoms with E-state index < -0.39 is 17.8 Å². The van der Waals surface area contributed by atoms with Crippen LogP contribution in [0.25, 0.3) is 11.5 Å². The summed E-state index contributed by atoms with van der Waals surface area (Å²) in [7, 11) is 1.53. The maximum absolute atomic E-state index is 14.9. The van der Waals surface area contributed by atoms with Crippen LogP contribution in [0.15, 0.2) is 30.3 Å². The molecule has 0 radical (unpaired) electrons. The maximum Gasteiger partial charge on any atom is 0.410 e. The quantitative estimate of drug-likeness (QED) is 0.524. The highest BCUT2D eigenvalue weighted by atomic mass is 19.1. The Morgan fingerprint density at radius 3 is 2.83 bits per heavy atom. The van der Waals surface area contributed by atoms with Gasteiger partial charge in [-0.1, -0.05) is 6.07 Å². The SMILES string of the molecule is COCCOC(=O)N1CCc2cc(F)c(C(=O)Nc3cccc(-c4nnc5n4CCCC5)n3)cc2C1. The molecule has 2 aromatic heterocycles. The second kappa shape index (κ2) is 10.4. The fourth-order valence-corrected chi connectivity index (χ4v) is 4.52. The average molecular weight is 495 g/mol. The van der Waals surface area contributed by atoms with Crippen molar-refractivity contribution in [3.63, 3.8) is 0 Å². The number of ether oxygens (including phenoxy) is 2. The monoisotopic (exact) mass is 494 g/mol. The first kappa shape index (κ1) is 23.9. The zero-order valence-corrected chi connectivity index (χ0v) is 20.0. The minimum absolute atomic E-state index is 0.115. The number of rotatable bonds is 6. The van der Waals surface area contributed by atoms with Crippen LogP contribution in [0.4, 0.5) is 15.0 Å². The molecular weight excluding hydrogens is 467 g/mol. The van der Waals surface area contributed by atoms with Crippen LogP contribution in [-0.4, -0.2) is 63.5 Å². The number of carbonyl (C=O) groups excluding carboxylic acids is 2. The van der Waals surface area contributed by atoms with Gasteiger partial charge in [0, 0.05) is 33.2 Å². The van der Waals surface area contributed by atoms with E-state index in [9.17, 15) is 14.0 Å². The first-order valence-electron chi connectivity index (χ1n) is 12.0. The number of amides is 2. The third kappa shape index (κ3) is 4.92. The summed E-state index contributed by atoms with van der Waals surface area (Å²) in [6, 6.07) is 8.07. The molecule has 0 saturated carbocycles. The summed E-state index contributed by atoms with van der Waals surface area (Å²) >= 11 is 0. The zero-order chi connectivity index (χ0) is 25.1. The Hall–Kier alpha value is -3.86. The van der Waals surface area contributed by atoms with Crippen LogP contribution >= 0.6 is 0 Å². The van der Waals surface area contributed by atoms with E-state index in [1.807, 2.05) is 4.57 Å². The molecule has 0 unspecified atom stereocenters. The van der Waals surface area contributed by atoms with Crippen LogP contribution in [0.1, 0.15) is 40.2 Å². The van der Waals surface area contributed by atoms with Crippen molar-refractivity contribution in [1.82, 2.24) is 24.6 Å². The van der Waals surface area contributed by atoms with Crippen molar-refractivity contribution in [3.05, 3.63) is 58.7 Å². The number of benzene rings is 1. The highest BCUT2D eigenvalue weighted by Gasteiger charge is 2.25.